The maximum atomic E-state index is 13.7. The van der Waals surface area contributed by atoms with Crippen LogP contribution in [-0.4, -0.2) is 14.4 Å². The molecule has 6 nitrogen and oxygen atoms in total. The fourth-order valence-corrected chi connectivity index (χ4v) is 1.98. The Kier molecular flexibility index (Phi) is 3.13. The van der Waals surface area contributed by atoms with Crippen LogP contribution < -0.4 is 16.6 Å². The molecule has 3 rings (SSSR count). The van der Waals surface area contributed by atoms with Gasteiger partial charge in [0, 0.05) is 17.4 Å². The lowest BCUT2D eigenvalue weighted by molar-refractivity contribution is 0.632. The third-order valence-corrected chi connectivity index (χ3v) is 2.94. The van der Waals surface area contributed by atoms with Gasteiger partial charge in [-0.15, -0.1) is 0 Å². The van der Waals surface area contributed by atoms with Crippen molar-refractivity contribution >= 4 is 34.6 Å². The molecule has 2 aromatic heterocycles. The van der Waals surface area contributed by atoms with Crippen molar-refractivity contribution in [2.75, 3.05) is 10.7 Å². The number of halogens is 2. The molecule has 2 heterocycles. The summed E-state index contributed by atoms with van der Waals surface area (Å²) in [5.41, 5.74) is 3.20. The molecule has 102 valence electrons. The molecule has 0 saturated heterocycles. The van der Waals surface area contributed by atoms with Gasteiger partial charge in [-0.3, -0.25) is 0 Å². The predicted octanol–water partition coefficient (Wildman–Crippen LogP) is 2.55. The Balaban J connectivity index is 2.09. The SMILES string of the molecule is NNc1cn2ccnc2c(Nc2cc(Cl)ccc2F)n1. The summed E-state index contributed by atoms with van der Waals surface area (Å²) >= 11 is 5.86. The number of hydrogen-bond donors (Lipinski definition) is 3. The van der Waals surface area contributed by atoms with Crippen molar-refractivity contribution in [1.82, 2.24) is 14.4 Å². The Bertz CT molecular complexity index is 772. The van der Waals surface area contributed by atoms with Gasteiger partial charge in [0.05, 0.1) is 11.9 Å². The maximum absolute atomic E-state index is 13.7. The number of benzene rings is 1. The zero-order valence-corrected chi connectivity index (χ0v) is 10.9. The molecule has 0 amide bonds. The van der Waals surface area contributed by atoms with Gasteiger partial charge >= 0.3 is 0 Å². The molecule has 0 atom stereocenters. The number of aromatic nitrogens is 3. The number of rotatable bonds is 3. The molecular weight excluding hydrogens is 283 g/mol. The topological polar surface area (TPSA) is 80.3 Å². The molecule has 8 heteroatoms. The quantitative estimate of drug-likeness (QED) is 0.511. The second kappa shape index (κ2) is 4.95. The van der Waals surface area contributed by atoms with Gasteiger partial charge in [-0.2, -0.15) is 0 Å². The van der Waals surface area contributed by atoms with Gasteiger partial charge in [0.2, 0.25) is 0 Å². The minimum Gasteiger partial charge on any atom is -0.335 e. The third-order valence-electron chi connectivity index (χ3n) is 2.70. The highest BCUT2D eigenvalue weighted by Crippen LogP contribution is 2.25. The number of hydrogen-bond acceptors (Lipinski definition) is 5. The van der Waals surface area contributed by atoms with Crippen LogP contribution in [0.2, 0.25) is 5.02 Å². The standard InChI is InChI=1S/C12H10ClFN6/c13-7-1-2-8(14)9(5-7)17-11-12-16-3-4-20(12)6-10(18-11)19-15/h1-6,19H,15H2,(H,17,18). The molecule has 0 bridgehead atoms. The summed E-state index contributed by atoms with van der Waals surface area (Å²) in [6, 6.07) is 4.22. The summed E-state index contributed by atoms with van der Waals surface area (Å²) in [6.45, 7) is 0. The summed E-state index contributed by atoms with van der Waals surface area (Å²) in [7, 11) is 0. The minimum absolute atomic E-state index is 0.212. The van der Waals surface area contributed by atoms with E-state index in [-0.39, 0.29) is 5.69 Å². The number of nitrogens with one attached hydrogen (secondary N) is 2. The van der Waals surface area contributed by atoms with Crippen molar-refractivity contribution in [3.63, 3.8) is 0 Å². The van der Waals surface area contributed by atoms with Gasteiger partial charge in [-0.05, 0) is 18.2 Å². The van der Waals surface area contributed by atoms with Gasteiger partial charge in [0.25, 0.3) is 0 Å². The zero-order valence-electron chi connectivity index (χ0n) is 10.1. The van der Waals surface area contributed by atoms with E-state index < -0.39 is 5.82 Å². The Morgan fingerprint density at radius 2 is 2.20 bits per heavy atom. The van der Waals surface area contributed by atoms with E-state index in [1.54, 1.807) is 23.0 Å². The Morgan fingerprint density at radius 3 is 3.00 bits per heavy atom. The largest absolute Gasteiger partial charge is 0.335 e. The molecule has 0 aliphatic heterocycles. The highest BCUT2D eigenvalue weighted by atomic mass is 35.5. The van der Waals surface area contributed by atoms with Gasteiger partial charge in [-0.1, -0.05) is 11.6 Å². The van der Waals surface area contributed by atoms with Crippen LogP contribution in [0.4, 0.5) is 21.7 Å². The van der Waals surface area contributed by atoms with Crippen molar-refractivity contribution in [2.45, 2.75) is 0 Å². The number of hydrazine groups is 1. The lowest BCUT2D eigenvalue weighted by Gasteiger charge is -2.10. The molecule has 3 aromatic rings. The van der Waals surface area contributed by atoms with E-state index in [0.717, 1.165) is 0 Å². The van der Waals surface area contributed by atoms with Gasteiger partial charge in [-0.25, -0.2) is 20.2 Å². The average Bonchev–Trinajstić information content (AvgIpc) is 2.91. The van der Waals surface area contributed by atoms with Crippen LogP contribution in [-0.2, 0) is 0 Å². The average molecular weight is 293 g/mol. The Hall–Kier alpha value is -2.38. The summed E-state index contributed by atoms with van der Waals surface area (Å²) < 4.78 is 15.5. The molecule has 0 saturated carbocycles. The van der Waals surface area contributed by atoms with Crippen LogP contribution in [0.5, 0.6) is 0 Å². The second-order valence-electron chi connectivity index (χ2n) is 4.03. The predicted molar refractivity (Wildman–Crippen MR) is 75.5 cm³/mol. The van der Waals surface area contributed by atoms with Crippen molar-refractivity contribution in [3.8, 4) is 0 Å². The molecule has 0 unspecified atom stereocenters. The van der Waals surface area contributed by atoms with Gasteiger partial charge in [0.15, 0.2) is 17.3 Å². The highest BCUT2D eigenvalue weighted by Gasteiger charge is 2.10. The van der Waals surface area contributed by atoms with Crippen LogP contribution in [0.25, 0.3) is 5.65 Å². The van der Waals surface area contributed by atoms with E-state index >= 15 is 0 Å². The zero-order chi connectivity index (χ0) is 14.1. The number of imidazole rings is 1. The van der Waals surface area contributed by atoms with Crippen molar-refractivity contribution in [3.05, 3.63) is 47.6 Å². The molecule has 0 radical (unpaired) electrons. The van der Waals surface area contributed by atoms with Crippen LogP contribution in [0.1, 0.15) is 0 Å². The summed E-state index contributed by atoms with van der Waals surface area (Å²) in [5, 5.41) is 3.29. The van der Waals surface area contributed by atoms with E-state index in [9.17, 15) is 4.39 Å². The van der Waals surface area contributed by atoms with Crippen molar-refractivity contribution < 1.29 is 4.39 Å². The van der Waals surface area contributed by atoms with Crippen LogP contribution >= 0.6 is 11.6 Å². The van der Waals surface area contributed by atoms with Crippen LogP contribution in [0.3, 0.4) is 0 Å². The van der Waals surface area contributed by atoms with E-state index in [4.69, 9.17) is 17.4 Å². The van der Waals surface area contributed by atoms with Crippen LogP contribution in [0.15, 0.2) is 36.8 Å². The molecule has 0 aliphatic rings. The van der Waals surface area contributed by atoms with E-state index in [1.807, 2.05) is 0 Å². The molecule has 1 aromatic carbocycles. The summed E-state index contributed by atoms with van der Waals surface area (Å²) in [4.78, 5) is 8.37. The number of nitrogens with two attached hydrogens (primary N) is 1. The van der Waals surface area contributed by atoms with E-state index in [0.29, 0.717) is 22.3 Å². The first-order valence-electron chi connectivity index (χ1n) is 5.70. The highest BCUT2D eigenvalue weighted by molar-refractivity contribution is 6.30. The molecule has 0 aliphatic carbocycles. The molecule has 0 fully saturated rings. The van der Waals surface area contributed by atoms with E-state index in [1.165, 1.54) is 18.2 Å². The smallest absolute Gasteiger partial charge is 0.180 e. The number of fused-ring (bicyclic) bond motifs is 1. The van der Waals surface area contributed by atoms with Gasteiger partial charge in [0.1, 0.15) is 5.82 Å². The Morgan fingerprint density at radius 1 is 1.35 bits per heavy atom. The minimum atomic E-state index is -0.438. The lowest BCUT2D eigenvalue weighted by atomic mass is 10.3. The summed E-state index contributed by atoms with van der Waals surface area (Å²) in [5.74, 6) is 5.70. The second-order valence-corrected chi connectivity index (χ2v) is 4.46. The monoisotopic (exact) mass is 292 g/mol. The fraction of sp³-hybridized carbons (Fsp3) is 0. The molecule has 0 spiro atoms. The van der Waals surface area contributed by atoms with Crippen molar-refractivity contribution in [2.24, 2.45) is 5.84 Å². The first kappa shape index (κ1) is 12.6. The fourth-order valence-electron chi connectivity index (χ4n) is 1.81. The summed E-state index contributed by atoms with van der Waals surface area (Å²) in [6.07, 6.45) is 5.01. The number of nitrogen functional groups attached to an aromatic ring is 1. The van der Waals surface area contributed by atoms with Gasteiger partial charge < -0.3 is 15.1 Å². The first-order valence-corrected chi connectivity index (χ1v) is 6.07. The number of nitrogens with zero attached hydrogens (tertiary/aromatic N) is 3. The molecular formula is C12H10ClFN6. The lowest BCUT2D eigenvalue weighted by Crippen LogP contribution is -2.11. The Labute approximate surface area is 118 Å². The van der Waals surface area contributed by atoms with Crippen molar-refractivity contribution in [1.29, 1.82) is 0 Å². The first-order chi connectivity index (χ1) is 9.67. The van der Waals surface area contributed by atoms with Crippen LogP contribution in [0, 0.1) is 5.82 Å². The third kappa shape index (κ3) is 2.24. The van der Waals surface area contributed by atoms with E-state index in [2.05, 4.69) is 20.7 Å². The number of anilines is 3. The molecule has 20 heavy (non-hydrogen) atoms. The maximum Gasteiger partial charge on any atom is 0.180 e. The normalized spacial score (nSPS) is 10.8. The molecule has 4 N–H and O–H groups in total.